The number of hydrogen-bond acceptors (Lipinski definition) is 3. The van der Waals surface area contributed by atoms with Crippen LogP contribution in [0.4, 0.5) is 5.69 Å². The molecule has 0 fully saturated rings. The van der Waals surface area contributed by atoms with E-state index in [0.29, 0.717) is 17.7 Å². The summed E-state index contributed by atoms with van der Waals surface area (Å²) in [5, 5.41) is 6.83. The smallest absolute Gasteiger partial charge is 0.271 e. The predicted molar refractivity (Wildman–Crippen MR) is 85.4 cm³/mol. The first-order valence-electron chi connectivity index (χ1n) is 6.99. The molecular formula is C16H23N3O2. The second-order valence-corrected chi connectivity index (χ2v) is 5.87. The van der Waals surface area contributed by atoms with Crippen LogP contribution in [0.25, 0.3) is 0 Å². The fourth-order valence-corrected chi connectivity index (χ4v) is 1.32. The van der Waals surface area contributed by atoms with Crippen LogP contribution in [0.5, 0.6) is 0 Å². The molecule has 2 N–H and O–H groups in total. The summed E-state index contributed by atoms with van der Waals surface area (Å²) in [7, 11) is 0. The molecule has 5 nitrogen and oxygen atoms in total. The Balaban J connectivity index is 2.70. The van der Waals surface area contributed by atoms with Crippen molar-refractivity contribution in [2.24, 2.45) is 10.5 Å². The zero-order valence-electron chi connectivity index (χ0n) is 13.3. The molecule has 0 aliphatic heterocycles. The van der Waals surface area contributed by atoms with Crippen LogP contribution >= 0.6 is 0 Å². The van der Waals surface area contributed by atoms with Gasteiger partial charge >= 0.3 is 0 Å². The van der Waals surface area contributed by atoms with E-state index in [0.717, 1.165) is 5.71 Å². The molecule has 0 aliphatic rings. The van der Waals surface area contributed by atoms with Crippen LogP contribution in [0.1, 0.15) is 51.4 Å². The highest BCUT2D eigenvalue weighted by Gasteiger charge is 2.15. The number of carbonyl (C=O) groups excluding carboxylic acids is 2. The fraction of sp³-hybridized carbons (Fsp3) is 0.438. The first kappa shape index (κ1) is 16.9. The lowest BCUT2D eigenvalue weighted by Gasteiger charge is -2.17. The summed E-state index contributed by atoms with van der Waals surface area (Å²) < 4.78 is 0. The third kappa shape index (κ3) is 5.38. The lowest BCUT2D eigenvalue weighted by atomic mass is 9.91. The molecule has 1 aromatic carbocycles. The van der Waals surface area contributed by atoms with Crippen molar-refractivity contribution in [2.45, 2.75) is 41.0 Å². The van der Waals surface area contributed by atoms with E-state index in [-0.39, 0.29) is 17.2 Å². The van der Waals surface area contributed by atoms with Crippen molar-refractivity contribution < 1.29 is 9.59 Å². The van der Waals surface area contributed by atoms with Gasteiger partial charge in [-0.25, -0.2) is 5.43 Å². The molecule has 0 saturated carbocycles. The lowest BCUT2D eigenvalue weighted by Crippen LogP contribution is -2.24. The number of nitrogens with zero attached hydrogens (tertiary/aromatic N) is 1. The molecule has 0 atom stereocenters. The molecule has 0 aliphatic carbocycles. The fourth-order valence-electron chi connectivity index (χ4n) is 1.32. The standard InChI is InChI=1S/C16H23N3O2/c1-6-14(20)17-13-9-7-12(8-10-13)15(21)19-18-11(2)16(3,4)5/h7-10H,6H2,1-5H3,(H,17,20)(H,19,21)/b18-11-. The van der Waals surface area contributed by atoms with Gasteiger partial charge in [-0.15, -0.1) is 0 Å². The maximum Gasteiger partial charge on any atom is 0.271 e. The number of anilines is 1. The minimum Gasteiger partial charge on any atom is -0.326 e. The van der Waals surface area contributed by atoms with Gasteiger partial charge in [-0.2, -0.15) is 5.10 Å². The van der Waals surface area contributed by atoms with Crippen molar-refractivity contribution in [1.29, 1.82) is 0 Å². The van der Waals surface area contributed by atoms with Gasteiger partial charge in [0.15, 0.2) is 0 Å². The maximum absolute atomic E-state index is 12.0. The topological polar surface area (TPSA) is 70.6 Å². The summed E-state index contributed by atoms with van der Waals surface area (Å²) >= 11 is 0. The number of nitrogens with one attached hydrogen (secondary N) is 2. The predicted octanol–water partition coefficient (Wildman–Crippen LogP) is 3.19. The normalized spacial score (nSPS) is 12.0. The van der Waals surface area contributed by atoms with Crippen molar-refractivity contribution in [1.82, 2.24) is 5.43 Å². The Morgan fingerprint density at radius 2 is 1.71 bits per heavy atom. The summed E-state index contributed by atoms with van der Waals surface area (Å²) in [6.07, 6.45) is 0.420. The van der Waals surface area contributed by atoms with Gasteiger partial charge < -0.3 is 5.32 Å². The molecule has 5 heteroatoms. The summed E-state index contributed by atoms with van der Waals surface area (Å²) in [4.78, 5) is 23.2. The molecule has 21 heavy (non-hydrogen) atoms. The molecule has 0 saturated heterocycles. The van der Waals surface area contributed by atoms with E-state index in [4.69, 9.17) is 0 Å². The Bertz CT molecular complexity index is 540. The molecule has 0 bridgehead atoms. The van der Waals surface area contributed by atoms with Crippen LogP contribution in [-0.2, 0) is 4.79 Å². The van der Waals surface area contributed by atoms with E-state index in [2.05, 4.69) is 15.8 Å². The second-order valence-electron chi connectivity index (χ2n) is 5.87. The number of hydrogen-bond donors (Lipinski definition) is 2. The Kier molecular flexibility index (Phi) is 5.64. The molecular weight excluding hydrogens is 266 g/mol. The average Bonchev–Trinajstić information content (AvgIpc) is 2.43. The van der Waals surface area contributed by atoms with E-state index in [1.807, 2.05) is 27.7 Å². The molecule has 114 valence electrons. The summed E-state index contributed by atoms with van der Waals surface area (Å²) in [6.45, 7) is 9.76. The number of benzene rings is 1. The summed E-state index contributed by atoms with van der Waals surface area (Å²) in [5.41, 5.74) is 4.48. The van der Waals surface area contributed by atoms with Crippen LogP contribution in [0.2, 0.25) is 0 Å². The van der Waals surface area contributed by atoms with Gasteiger partial charge in [0, 0.05) is 28.8 Å². The van der Waals surface area contributed by atoms with Gasteiger partial charge in [0.2, 0.25) is 5.91 Å². The molecule has 1 aromatic rings. The Morgan fingerprint density at radius 1 is 1.14 bits per heavy atom. The minimum absolute atomic E-state index is 0.0578. The van der Waals surface area contributed by atoms with Crippen molar-refractivity contribution in [3.05, 3.63) is 29.8 Å². The van der Waals surface area contributed by atoms with Crippen molar-refractivity contribution in [3.63, 3.8) is 0 Å². The Labute approximate surface area is 125 Å². The minimum atomic E-state index is -0.271. The first-order valence-corrected chi connectivity index (χ1v) is 6.99. The van der Waals surface area contributed by atoms with Crippen LogP contribution in [0, 0.1) is 5.41 Å². The Hall–Kier alpha value is -2.17. The van der Waals surface area contributed by atoms with E-state index in [9.17, 15) is 9.59 Å². The Morgan fingerprint density at radius 3 is 2.19 bits per heavy atom. The second kappa shape index (κ2) is 7.02. The van der Waals surface area contributed by atoms with Gasteiger partial charge in [0.05, 0.1) is 0 Å². The maximum atomic E-state index is 12.0. The average molecular weight is 289 g/mol. The zero-order valence-corrected chi connectivity index (χ0v) is 13.3. The summed E-state index contributed by atoms with van der Waals surface area (Å²) in [5.74, 6) is -0.329. The van der Waals surface area contributed by atoms with Crippen LogP contribution in [-0.4, -0.2) is 17.5 Å². The third-order valence-corrected chi connectivity index (χ3v) is 3.16. The SMILES string of the molecule is CCC(=O)Nc1ccc(C(=O)N/N=C(/C)C(C)(C)C)cc1. The zero-order chi connectivity index (χ0) is 16.0. The highest BCUT2D eigenvalue weighted by Crippen LogP contribution is 2.15. The van der Waals surface area contributed by atoms with Gasteiger partial charge in [-0.05, 0) is 31.2 Å². The number of amides is 2. The van der Waals surface area contributed by atoms with Gasteiger partial charge in [0.1, 0.15) is 0 Å². The first-order chi connectivity index (χ1) is 9.74. The van der Waals surface area contributed by atoms with E-state index in [1.165, 1.54) is 0 Å². The van der Waals surface area contributed by atoms with Gasteiger partial charge in [0.25, 0.3) is 5.91 Å². The van der Waals surface area contributed by atoms with Crippen molar-refractivity contribution >= 4 is 23.2 Å². The van der Waals surface area contributed by atoms with Crippen molar-refractivity contribution in [3.8, 4) is 0 Å². The van der Waals surface area contributed by atoms with Gasteiger partial charge in [-0.3, -0.25) is 9.59 Å². The highest BCUT2D eigenvalue weighted by molar-refractivity contribution is 5.97. The van der Waals surface area contributed by atoms with E-state index in [1.54, 1.807) is 31.2 Å². The number of hydrazone groups is 1. The highest BCUT2D eigenvalue weighted by atomic mass is 16.2. The monoisotopic (exact) mass is 289 g/mol. The molecule has 1 rings (SSSR count). The van der Waals surface area contributed by atoms with Crippen LogP contribution in [0.3, 0.4) is 0 Å². The van der Waals surface area contributed by atoms with E-state index < -0.39 is 0 Å². The molecule has 0 heterocycles. The molecule has 2 amide bonds. The molecule has 0 radical (unpaired) electrons. The molecule has 0 aromatic heterocycles. The van der Waals surface area contributed by atoms with Crippen LogP contribution < -0.4 is 10.7 Å². The summed E-state index contributed by atoms with van der Waals surface area (Å²) in [6, 6.07) is 6.71. The molecule has 0 spiro atoms. The number of rotatable bonds is 4. The number of carbonyl (C=O) groups is 2. The largest absolute Gasteiger partial charge is 0.326 e. The third-order valence-electron chi connectivity index (χ3n) is 3.16. The van der Waals surface area contributed by atoms with Crippen molar-refractivity contribution in [2.75, 3.05) is 5.32 Å². The van der Waals surface area contributed by atoms with Crippen LogP contribution in [0.15, 0.2) is 29.4 Å². The quantitative estimate of drug-likeness (QED) is 0.660. The van der Waals surface area contributed by atoms with E-state index >= 15 is 0 Å². The lowest BCUT2D eigenvalue weighted by molar-refractivity contribution is -0.115. The van der Waals surface area contributed by atoms with Gasteiger partial charge in [-0.1, -0.05) is 27.7 Å². The molecule has 0 unspecified atom stereocenters.